The summed E-state index contributed by atoms with van der Waals surface area (Å²) in [4.78, 5) is 13.2. The molecule has 11 atom stereocenters. The topological polar surface area (TPSA) is 234 Å². The lowest BCUT2D eigenvalue weighted by Crippen LogP contribution is -2.62. The van der Waals surface area contributed by atoms with Crippen molar-refractivity contribution >= 4 is 5.78 Å². The smallest absolute Gasteiger partial charge is 0.229 e. The fraction of sp³-hybridized carbons (Fsp3) is 0.567. The van der Waals surface area contributed by atoms with Crippen LogP contribution in [0.15, 0.2) is 24.3 Å². The Morgan fingerprint density at radius 2 is 1.42 bits per heavy atom. The van der Waals surface area contributed by atoms with Crippen molar-refractivity contribution < 1.29 is 74.1 Å². The van der Waals surface area contributed by atoms with Gasteiger partial charge in [0.2, 0.25) is 6.29 Å². The zero-order chi connectivity index (χ0) is 32.7. The summed E-state index contributed by atoms with van der Waals surface area (Å²) in [6.07, 6.45) is -16.8. The second-order valence-electron chi connectivity index (χ2n) is 11.3. The lowest BCUT2D eigenvalue weighted by atomic mass is 9.91. The Hall–Kier alpha value is -3.09. The van der Waals surface area contributed by atoms with E-state index in [4.69, 9.17) is 28.4 Å². The first kappa shape index (κ1) is 33.3. The third-order valence-corrected chi connectivity index (χ3v) is 8.41. The molecular formula is C30H38O15. The van der Waals surface area contributed by atoms with Crippen LogP contribution in [0.25, 0.3) is 0 Å². The first-order chi connectivity index (χ1) is 21.4. The summed E-state index contributed by atoms with van der Waals surface area (Å²) in [5.41, 5.74) is 1.12. The first-order valence-electron chi connectivity index (χ1n) is 14.4. The number of phenolic OH excluding ortho intramolecular Hbond substituents is 1. The molecule has 0 aliphatic carbocycles. The Morgan fingerprint density at radius 3 is 2.04 bits per heavy atom. The van der Waals surface area contributed by atoms with Crippen LogP contribution in [0.5, 0.6) is 23.0 Å². The Bertz CT molecular complexity index is 1360. The molecule has 15 nitrogen and oxygen atoms in total. The van der Waals surface area contributed by atoms with Gasteiger partial charge in [0.15, 0.2) is 12.1 Å². The van der Waals surface area contributed by atoms with Gasteiger partial charge >= 0.3 is 0 Å². The van der Waals surface area contributed by atoms with E-state index in [2.05, 4.69) is 0 Å². The molecule has 3 aliphatic heterocycles. The highest BCUT2D eigenvalue weighted by Gasteiger charge is 2.48. The molecule has 15 heteroatoms. The molecule has 2 aromatic carbocycles. The lowest BCUT2D eigenvalue weighted by Gasteiger charge is -2.42. The van der Waals surface area contributed by atoms with Crippen LogP contribution in [-0.4, -0.2) is 128 Å². The van der Waals surface area contributed by atoms with Gasteiger partial charge < -0.3 is 69.3 Å². The van der Waals surface area contributed by atoms with E-state index in [0.717, 1.165) is 0 Å². The number of hydrogen-bond donors (Lipinski definition) is 8. The van der Waals surface area contributed by atoms with Gasteiger partial charge in [-0.15, -0.1) is 0 Å². The van der Waals surface area contributed by atoms with Gasteiger partial charge in [0.1, 0.15) is 83.5 Å². The van der Waals surface area contributed by atoms with Gasteiger partial charge in [-0.1, -0.05) is 12.1 Å². The Morgan fingerprint density at radius 1 is 0.822 bits per heavy atom. The van der Waals surface area contributed by atoms with E-state index in [-0.39, 0.29) is 34.8 Å². The van der Waals surface area contributed by atoms with Gasteiger partial charge in [0, 0.05) is 11.1 Å². The number of ketones is 1. The predicted molar refractivity (Wildman–Crippen MR) is 150 cm³/mol. The summed E-state index contributed by atoms with van der Waals surface area (Å²) in [6, 6.07) is 6.97. The molecule has 0 spiro atoms. The van der Waals surface area contributed by atoms with E-state index in [9.17, 15) is 45.6 Å². The molecule has 2 fully saturated rings. The van der Waals surface area contributed by atoms with Gasteiger partial charge in [-0.25, -0.2) is 0 Å². The van der Waals surface area contributed by atoms with Crippen molar-refractivity contribution in [2.24, 2.45) is 0 Å². The van der Waals surface area contributed by atoms with Gasteiger partial charge in [-0.2, -0.15) is 0 Å². The highest BCUT2D eigenvalue weighted by atomic mass is 16.7. The van der Waals surface area contributed by atoms with E-state index in [0.29, 0.717) is 16.9 Å². The SMILES string of the molecule is COc1ccc(C2CC(=O)c3c(O)c(C)c(OC4OC(COC5OC(CO)C(O)C(O)C5O)C(O)C(O)C4O)c(C)c3O2)cc1. The number of carbonyl (C=O) groups is 1. The number of aliphatic hydroxyl groups is 7. The average molecular weight is 639 g/mol. The van der Waals surface area contributed by atoms with Crippen molar-refractivity contribution in [3.63, 3.8) is 0 Å². The Kier molecular flexibility index (Phi) is 9.86. The number of ether oxygens (including phenoxy) is 6. The zero-order valence-corrected chi connectivity index (χ0v) is 24.7. The molecule has 2 aromatic rings. The van der Waals surface area contributed by atoms with E-state index in [1.807, 2.05) is 0 Å². The van der Waals surface area contributed by atoms with Crippen molar-refractivity contribution in [3.05, 3.63) is 46.5 Å². The normalized spacial score (nSPS) is 35.0. The average Bonchev–Trinajstić information content (AvgIpc) is 3.04. The van der Waals surface area contributed by atoms with Crippen LogP contribution >= 0.6 is 0 Å². The zero-order valence-electron chi connectivity index (χ0n) is 24.7. The monoisotopic (exact) mass is 638 g/mol. The van der Waals surface area contributed by atoms with E-state index >= 15 is 0 Å². The molecule has 45 heavy (non-hydrogen) atoms. The van der Waals surface area contributed by atoms with Crippen LogP contribution in [0.3, 0.4) is 0 Å². The molecule has 0 radical (unpaired) electrons. The molecule has 8 N–H and O–H groups in total. The van der Waals surface area contributed by atoms with Crippen LogP contribution in [0.1, 0.15) is 39.6 Å². The molecular weight excluding hydrogens is 600 g/mol. The summed E-state index contributed by atoms with van der Waals surface area (Å²) in [5.74, 6) is -0.0618. The summed E-state index contributed by atoms with van der Waals surface area (Å²) in [5, 5.41) is 82.6. The summed E-state index contributed by atoms with van der Waals surface area (Å²) in [6.45, 7) is 1.84. The van der Waals surface area contributed by atoms with Crippen molar-refractivity contribution in [2.45, 2.75) is 87.8 Å². The van der Waals surface area contributed by atoms with Crippen LogP contribution in [0.4, 0.5) is 0 Å². The fourth-order valence-electron chi connectivity index (χ4n) is 5.68. The number of carbonyl (C=O) groups excluding carboxylic acids is 1. The molecule has 0 amide bonds. The molecule has 0 bridgehead atoms. The minimum absolute atomic E-state index is 0.00401. The number of aliphatic hydroxyl groups excluding tert-OH is 7. The number of methoxy groups -OCH3 is 1. The van der Waals surface area contributed by atoms with Crippen molar-refractivity contribution in [3.8, 4) is 23.0 Å². The van der Waals surface area contributed by atoms with Crippen LogP contribution in [0.2, 0.25) is 0 Å². The minimum Gasteiger partial charge on any atom is -0.507 e. The standard InChI is InChI=1S/C30H38O15/c1-11-20(33)19-15(32)8-16(13-4-6-14(40-3)7-5-13)42-28(19)12(2)27(11)45-30-26(39)24(37)22(35)18(44-30)10-41-29-25(38)23(36)21(34)17(9-31)43-29/h4-7,16-18,21-26,29-31,33-39H,8-10H2,1-3H3. The third kappa shape index (κ3) is 6.20. The van der Waals surface area contributed by atoms with Crippen LogP contribution in [0, 0.1) is 13.8 Å². The lowest BCUT2D eigenvalue weighted by molar-refractivity contribution is -0.323. The molecule has 3 aliphatic rings. The second-order valence-corrected chi connectivity index (χ2v) is 11.3. The Balaban J connectivity index is 1.36. The second kappa shape index (κ2) is 13.3. The van der Waals surface area contributed by atoms with E-state index in [1.165, 1.54) is 14.0 Å². The quantitative estimate of drug-likeness (QED) is 0.168. The maximum atomic E-state index is 13.2. The molecule has 5 rings (SSSR count). The molecule has 0 aromatic heterocycles. The maximum absolute atomic E-state index is 13.2. The fourth-order valence-corrected chi connectivity index (χ4v) is 5.68. The summed E-state index contributed by atoms with van der Waals surface area (Å²) in [7, 11) is 1.53. The highest BCUT2D eigenvalue weighted by molar-refractivity contribution is 6.03. The van der Waals surface area contributed by atoms with Gasteiger partial charge in [0.25, 0.3) is 0 Å². The predicted octanol–water partition coefficient (Wildman–Crippen LogP) is -1.27. The van der Waals surface area contributed by atoms with Crippen molar-refractivity contribution in [1.82, 2.24) is 0 Å². The molecule has 2 saturated heterocycles. The molecule has 3 heterocycles. The summed E-state index contributed by atoms with van der Waals surface area (Å²) < 4.78 is 33.8. The number of fused-ring (bicyclic) bond motifs is 1. The number of phenols is 1. The van der Waals surface area contributed by atoms with Gasteiger partial charge in [0.05, 0.1) is 26.7 Å². The number of aromatic hydroxyl groups is 1. The highest BCUT2D eigenvalue weighted by Crippen LogP contribution is 2.48. The van der Waals surface area contributed by atoms with Crippen molar-refractivity contribution in [1.29, 1.82) is 0 Å². The number of rotatable bonds is 8. The number of hydrogen-bond acceptors (Lipinski definition) is 15. The summed E-state index contributed by atoms with van der Waals surface area (Å²) >= 11 is 0. The molecule has 0 saturated carbocycles. The largest absolute Gasteiger partial charge is 0.507 e. The first-order valence-corrected chi connectivity index (χ1v) is 14.4. The van der Waals surface area contributed by atoms with Crippen LogP contribution in [-0.2, 0) is 14.2 Å². The number of Topliss-reactive ketones (excluding diaryl/α,β-unsaturated/α-hetero) is 1. The maximum Gasteiger partial charge on any atom is 0.229 e. The van der Waals surface area contributed by atoms with Crippen molar-refractivity contribution in [2.75, 3.05) is 20.3 Å². The Labute approximate surface area is 257 Å². The van der Waals surface area contributed by atoms with Crippen LogP contribution < -0.4 is 14.2 Å². The molecule has 248 valence electrons. The number of benzene rings is 2. The van der Waals surface area contributed by atoms with Gasteiger partial charge in [-0.3, -0.25) is 4.79 Å². The third-order valence-electron chi connectivity index (χ3n) is 8.41. The van der Waals surface area contributed by atoms with E-state index in [1.54, 1.807) is 31.2 Å². The van der Waals surface area contributed by atoms with E-state index < -0.39 is 86.5 Å². The molecule has 11 unspecified atom stereocenters. The minimum atomic E-state index is -1.80. The van der Waals surface area contributed by atoms with Gasteiger partial charge in [-0.05, 0) is 31.5 Å².